The smallest absolute Gasteiger partial charge is 0.0410 e. The summed E-state index contributed by atoms with van der Waals surface area (Å²) >= 11 is 0. The first-order chi connectivity index (χ1) is 4.76. The lowest BCUT2D eigenvalue weighted by Crippen LogP contribution is -2.10. The lowest BCUT2D eigenvalue weighted by Gasteiger charge is -2.01. The van der Waals surface area contributed by atoms with Crippen molar-refractivity contribution in [1.29, 1.82) is 0 Å². The summed E-state index contributed by atoms with van der Waals surface area (Å²) in [6.45, 7) is 9.81. The minimum absolute atomic E-state index is 0.800. The van der Waals surface area contributed by atoms with Gasteiger partial charge in [0, 0.05) is 12.2 Å². The van der Waals surface area contributed by atoms with Crippen LogP contribution in [-0.4, -0.2) is 20.3 Å². The first-order valence-electron chi connectivity index (χ1n) is 3.19. The minimum Gasteiger partial charge on any atom is -0.316 e. The van der Waals surface area contributed by atoms with Crippen LogP contribution in [0.2, 0.25) is 0 Å². The minimum atomic E-state index is 0.800. The maximum atomic E-state index is 3.80. The Balaban J connectivity index is 4.28. The molecule has 0 saturated carbocycles. The average Bonchev–Trinajstić information content (AvgIpc) is 1.99. The molecule has 0 rings (SSSR count). The molecule has 0 spiro atoms. The number of hydrogen-bond donors (Lipinski definition) is 1. The Kier molecular flexibility index (Phi) is 4.50. The molecule has 2 heteroatoms. The second kappa shape index (κ2) is 4.94. The van der Waals surface area contributed by atoms with E-state index in [2.05, 4.69) is 23.6 Å². The molecule has 56 valence electrons. The van der Waals surface area contributed by atoms with Crippen molar-refractivity contribution in [2.75, 3.05) is 13.6 Å². The molecule has 2 nitrogen and oxygen atoms in total. The van der Waals surface area contributed by atoms with Crippen molar-refractivity contribution in [2.45, 2.75) is 6.92 Å². The normalized spacial score (nSPS) is 12.2. The third kappa shape index (κ3) is 2.60. The summed E-state index contributed by atoms with van der Waals surface area (Å²) in [5.41, 5.74) is 2.03. The number of rotatable bonds is 4. The van der Waals surface area contributed by atoms with Gasteiger partial charge >= 0.3 is 0 Å². The fourth-order valence-corrected chi connectivity index (χ4v) is 0.640. The van der Waals surface area contributed by atoms with Crippen LogP contribution in [0.4, 0.5) is 0 Å². The molecule has 0 aromatic heterocycles. The molecular weight excluding hydrogens is 124 g/mol. The van der Waals surface area contributed by atoms with E-state index in [1.54, 1.807) is 6.08 Å². The van der Waals surface area contributed by atoms with Gasteiger partial charge in [-0.05, 0) is 26.3 Å². The van der Waals surface area contributed by atoms with E-state index in [9.17, 15) is 0 Å². The van der Waals surface area contributed by atoms with Gasteiger partial charge in [-0.25, -0.2) is 0 Å². The first kappa shape index (κ1) is 9.11. The van der Waals surface area contributed by atoms with Gasteiger partial charge in [-0.15, -0.1) is 0 Å². The van der Waals surface area contributed by atoms with Crippen molar-refractivity contribution >= 4 is 6.72 Å². The summed E-state index contributed by atoms with van der Waals surface area (Å²) in [4.78, 5) is 3.80. The van der Waals surface area contributed by atoms with Crippen LogP contribution in [0.25, 0.3) is 0 Å². The summed E-state index contributed by atoms with van der Waals surface area (Å²) < 4.78 is 0. The molecule has 10 heavy (non-hydrogen) atoms. The van der Waals surface area contributed by atoms with Gasteiger partial charge in [0.05, 0.1) is 0 Å². The molecule has 0 aliphatic rings. The Labute approximate surface area is 62.4 Å². The SMILES string of the molecule is C=C/C(CNC)=C(/C)N=C. The third-order valence-corrected chi connectivity index (χ3v) is 1.32. The highest BCUT2D eigenvalue weighted by Gasteiger charge is 1.92. The average molecular weight is 138 g/mol. The highest BCUT2D eigenvalue weighted by Crippen LogP contribution is 2.03. The van der Waals surface area contributed by atoms with Gasteiger partial charge in [-0.3, -0.25) is 4.99 Å². The number of allylic oxidation sites excluding steroid dienone is 1. The predicted octanol–water partition coefficient (Wildman–Crippen LogP) is 1.37. The lowest BCUT2D eigenvalue weighted by molar-refractivity contribution is 0.884. The van der Waals surface area contributed by atoms with Crippen LogP contribution in [0.1, 0.15) is 6.92 Å². The standard InChI is InChI=1S/C8H14N2/c1-5-8(6-9-3)7(2)10-4/h5,9H,1,4,6H2,2-3H3/b8-7+. The largest absolute Gasteiger partial charge is 0.316 e. The molecule has 0 aromatic carbocycles. The van der Waals surface area contributed by atoms with Gasteiger partial charge < -0.3 is 5.32 Å². The molecule has 0 radical (unpaired) electrons. The van der Waals surface area contributed by atoms with Crippen molar-refractivity contribution in [3.63, 3.8) is 0 Å². The predicted molar refractivity (Wildman–Crippen MR) is 46.4 cm³/mol. The third-order valence-electron chi connectivity index (χ3n) is 1.32. The summed E-state index contributed by atoms with van der Waals surface area (Å²) in [6.07, 6.45) is 1.79. The van der Waals surface area contributed by atoms with Gasteiger partial charge in [-0.2, -0.15) is 0 Å². The Hall–Kier alpha value is -0.890. The maximum Gasteiger partial charge on any atom is 0.0410 e. The zero-order valence-electron chi connectivity index (χ0n) is 6.65. The Morgan fingerprint density at radius 2 is 2.30 bits per heavy atom. The van der Waals surface area contributed by atoms with Crippen LogP contribution < -0.4 is 5.32 Å². The van der Waals surface area contributed by atoms with E-state index in [4.69, 9.17) is 0 Å². The monoisotopic (exact) mass is 138 g/mol. The van der Waals surface area contributed by atoms with Crippen molar-refractivity contribution in [3.8, 4) is 0 Å². The van der Waals surface area contributed by atoms with Crippen LogP contribution in [0.15, 0.2) is 28.9 Å². The van der Waals surface area contributed by atoms with Crippen molar-refractivity contribution in [1.82, 2.24) is 5.32 Å². The fraction of sp³-hybridized carbons (Fsp3) is 0.375. The lowest BCUT2D eigenvalue weighted by atomic mass is 10.2. The molecule has 0 unspecified atom stereocenters. The Morgan fingerprint density at radius 3 is 2.60 bits per heavy atom. The van der Waals surface area contributed by atoms with Gasteiger partial charge in [-0.1, -0.05) is 12.7 Å². The van der Waals surface area contributed by atoms with E-state index in [1.807, 2.05) is 14.0 Å². The first-order valence-corrected chi connectivity index (χ1v) is 3.19. The van der Waals surface area contributed by atoms with E-state index in [-0.39, 0.29) is 0 Å². The van der Waals surface area contributed by atoms with Gasteiger partial charge in [0.1, 0.15) is 0 Å². The quantitative estimate of drug-likeness (QED) is 0.460. The number of aliphatic imine (C=N–C) groups is 1. The molecule has 0 aliphatic carbocycles. The molecule has 0 saturated heterocycles. The van der Waals surface area contributed by atoms with E-state index in [0.717, 1.165) is 17.8 Å². The zero-order chi connectivity index (χ0) is 7.98. The van der Waals surface area contributed by atoms with E-state index >= 15 is 0 Å². The molecule has 0 heterocycles. The molecule has 0 aromatic rings. The Morgan fingerprint density at radius 1 is 1.70 bits per heavy atom. The van der Waals surface area contributed by atoms with E-state index < -0.39 is 0 Å². The molecular formula is C8H14N2. The van der Waals surface area contributed by atoms with Gasteiger partial charge in [0.25, 0.3) is 0 Å². The molecule has 0 fully saturated rings. The summed E-state index contributed by atoms with van der Waals surface area (Å²) in [5, 5.41) is 3.02. The topological polar surface area (TPSA) is 24.4 Å². The summed E-state index contributed by atoms with van der Waals surface area (Å²) in [6, 6.07) is 0. The van der Waals surface area contributed by atoms with Crippen LogP contribution in [0.3, 0.4) is 0 Å². The summed E-state index contributed by atoms with van der Waals surface area (Å²) in [7, 11) is 1.89. The van der Waals surface area contributed by atoms with Crippen LogP contribution >= 0.6 is 0 Å². The van der Waals surface area contributed by atoms with E-state index in [0.29, 0.717) is 0 Å². The van der Waals surface area contributed by atoms with Crippen LogP contribution in [0, 0.1) is 0 Å². The molecule has 0 amide bonds. The second-order valence-corrected chi connectivity index (χ2v) is 2.00. The van der Waals surface area contributed by atoms with Crippen molar-refractivity contribution in [2.24, 2.45) is 4.99 Å². The van der Waals surface area contributed by atoms with E-state index in [1.165, 1.54) is 0 Å². The fourth-order valence-electron chi connectivity index (χ4n) is 0.640. The molecule has 0 atom stereocenters. The number of nitrogens with one attached hydrogen (secondary N) is 1. The number of nitrogens with zero attached hydrogens (tertiary/aromatic N) is 1. The van der Waals surface area contributed by atoms with Crippen molar-refractivity contribution < 1.29 is 0 Å². The highest BCUT2D eigenvalue weighted by atomic mass is 14.8. The molecule has 1 N–H and O–H groups in total. The Bertz CT molecular complexity index is 157. The zero-order valence-corrected chi connectivity index (χ0v) is 6.65. The van der Waals surface area contributed by atoms with Crippen molar-refractivity contribution in [3.05, 3.63) is 23.9 Å². The van der Waals surface area contributed by atoms with Gasteiger partial charge in [0.2, 0.25) is 0 Å². The summed E-state index contributed by atoms with van der Waals surface area (Å²) in [5.74, 6) is 0. The maximum absolute atomic E-state index is 3.80. The molecule has 0 aliphatic heterocycles. The highest BCUT2D eigenvalue weighted by molar-refractivity contribution is 5.33. The second-order valence-electron chi connectivity index (χ2n) is 2.00. The number of likely N-dealkylation sites (N-methyl/N-ethyl adjacent to an activating group) is 1. The van der Waals surface area contributed by atoms with Crippen LogP contribution in [0.5, 0.6) is 0 Å². The van der Waals surface area contributed by atoms with Gasteiger partial charge in [0.15, 0.2) is 0 Å². The van der Waals surface area contributed by atoms with Crippen LogP contribution in [-0.2, 0) is 0 Å². The molecule has 0 bridgehead atoms. The number of hydrogen-bond acceptors (Lipinski definition) is 2.